The van der Waals surface area contributed by atoms with Crippen LogP contribution in [0, 0.1) is 0 Å². The van der Waals surface area contributed by atoms with Gasteiger partial charge in [-0.15, -0.1) is 0 Å². The predicted octanol–water partition coefficient (Wildman–Crippen LogP) is 1.46. The number of pyridine rings is 1. The summed E-state index contributed by atoms with van der Waals surface area (Å²) >= 11 is 0. The van der Waals surface area contributed by atoms with Gasteiger partial charge in [-0.2, -0.15) is 0 Å². The number of aryl methyl sites for hydroxylation is 1. The topological polar surface area (TPSA) is 43.3 Å². The monoisotopic (exact) mass is 222 g/mol. The van der Waals surface area contributed by atoms with Crippen LogP contribution in [0.15, 0.2) is 23.1 Å². The molecule has 1 fully saturated rings. The van der Waals surface area contributed by atoms with Gasteiger partial charge in [-0.3, -0.25) is 4.79 Å². The summed E-state index contributed by atoms with van der Waals surface area (Å²) in [5.74, 6) is 0. The van der Waals surface area contributed by atoms with Gasteiger partial charge in [-0.1, -0.05) is 0 Å². The second kappa shape index (κ2) is 4.70. The van der Waals surface area contributed by atoms with E-state index in [4.69, 9.17) is 4.74 Å². The summed E-state index contributed by atoms with van der Waals surface area (Å²) in [5, 5.41) is 3.41. The van der Waals surface area contributed by atoms with Crippen LogP contribution in [-0.2, 0) is 11.3 Å². The quantitative estimate of drug-likeness (QED) is 0.842. The highest BCUT2D eigenvalue weighted by Crippen LogP contribution is 2.17. The molecule has 2 unspecified atom stereocenters. The summed E-state index contributed by atoms with van der Waals surface area (Å²) in [6.45, 7) is 5.55. The van der Waals surface area contributed by atoms with Gasteiger partial charge >= 0.3 is 0 Å². The van der Waals surface area contributed by atoms with Gasteiger partial charge in [0.25, 0.3) is 5.56 Å². The minimum atomic E-state index is 0.0452. The molecule has 1 aliphatic heterocycles. The fraction of sp³-hybridized carbons (Fsp3) is 0.583. The Morgan fingerprint density at radius 2 is 2.38 bits per heavy atom. The van der Waals surface area contributed by atoms with Crippen LogP contribution in [-0.4, -0.2) is 23.3 Å². The van der Waals surface area contributed by atoms with E-state index in [1.54, 1.807) is 10.6 Å². The van der Waals surface area contributed by atoms with Crippen molar-refractivity contribution in [1.82, 2.24) is 4.57 Å². The summed E-state index contributed by atoms with van der Waals surface area (Å²) in [6.07, 6.45) is 3.13. The zero-order chi connectivity index (χ0) is 11.5. The molecule has 0 aliphatic carbocycles. The number of hydrogen-bond donors (Lipinski definition) is 1. The van der Waals surface area contributed by atoms with Crippen LogP contribution in [0.3, 0.4) is 0 Å². The first kappa shape index (κ1) is 11.2. The minimum absolute atomic E-state index is 0.0452. The van der Waals surface area contributed by atoms with E-state index in [0.717, 1.165) is 18.7 Å². The zero-order valence-corrected chi connectivity index (χ0v) is 9.77. The van der Waals surface area contributed by atoms with Crippen LogP contribution in [0.1, 0.15) is 20.3 Å². The van der Waals surface area contributed by atoms with Crippen molar-refractivity contribution in [3.05, 3.63) is 28.7 Å². The van der Waals surface area contributed by atoms with Crippen LogP contribution in [0.5, 0.6) is 0 Å². The van der Waals surface area contributed by atoms with Crippen LogP contribution in [0.4, 0.5) is 5.69 Å². The molecule has 1 aliphatic rings. The molecule has 2 rings (SSSR count). The second-order valence-electron chi connectivity index (χ2n) is 4.16. The number of anilines is 1. The van der Waals surface area contributed by atoms with E-state index in [1.165, 1.54) is 0 Å². The molecule has 88 valence electrons. The molecule has 4 nitrogen and oxygen atoms in total. The molecule has 0 spiro atoms. The molecule has 1 N–H and O–H groups in total. The third-order valence-corrected chi connectivity index (χ3v) is 3.05. The Hall–Kier alpha value is -1.29. The van der Waals surface area contributed by atoms with Gasteiger partial charge in [-0.25, -0.2) is 0 Å². The van der Waals surface area contributed by atoms with Crippen molar-refractivity contribution in [3.63, 3.8) is 0 Å². The standard InChI is InChI=1S/C12H18N2O2/c1-3-14-8-10(4-5-12(14)15)13-11-6-7-16-9(11)2/h4-5,8-9,11,13H,3,6-7H2,1-2H3. The van der Waals surface area contributed by atoms with Crippen LogP contribution in [0.2, 0.25) is 0 Å². The van der Waals surface area contributed by atoms with Crippen molar-refractivity contribution in [2.24, 2.45) is 0 Å². The molecule has 0 bridgehead atoms. The number of nitrogens with zero attached hydrogens (tertiary/aromatic N) is 1. The fourth-order valence-corrected chi connectivity index (χ4v) is 2.00. The molecule has 0 saturated carbocycles. The lowest BCUT2D eigenvalue weighted by molar-refractivity contribution is 0.121. The maximum atomic E-state index is 11.4. The summed E-state index contributed by atoms with van der Waals surface area (Å²) in [5.41, 5.74) is 1.03. The number of rotatable bonds is 3. The summed E-state index contributed by atoms with van der Waals surface area (Å²) in [6, 6.07) is 3.79. The fourth-order valence-electron chi connectivity index (χ4n) is 2.00. The van der Waals surface area contributed by atoms with Crippen molar-refractivity contribution < 1.29 is 4.74 Å². The lowest BCUT2D eigenvalue weighted by Gasteiger charge is -2.17. The van der Waals surface area contributed by atoms with E-state index in [1.807, 2.05) is 19.2 Å². The van der Waals surface area contributed by atoms with Crippen molar-refractivity contribution >= 4 is 5.69 Å². The van der Waals surface area contributed by atoms with E-state index in [9.17, 15) is 4.79 Å². The van der Waals surface area contributed by atoms with Crippen molar-refractivity contribution in [2.45, 2.75) is 39.0 Å². The maximum absolute atomic E-state index is 11.4. The first-order chi connectivity index (χ1) is 7.70. The Kier molecular flexibility index (Phi) is 3.29. The highest BCUT2D eigenvalue weighted by Gasteiger charge is 2.23. The molecule has 4 heteroatoms. The first-order valence-electron chi connectivity index (χ1n) is 5.79. The summed E-state index contributed by atoms with van der Waals surface area (Å²) < 4.78 is 7.18. The number of aromatic nitrogens is 1. The molecule has 1 aromatic rings. The van der Waals surface area contributed by atoms with Crippen LogP contribution < -0.4 is 10.9 Å². The lowest BCUT2D eigenvalue weighted by Crippen LogP contribution is -2.27. The van der Waals surface area contributed by atoms with Crippen LogP contribution in [0.25, 0.3) is 0 Å². The average Bonchev–Trinajstić information content (AvgIpc) is 2.67. The third kappa shape index (κ3) is 2.27. The molecular formula is C12H18N2O2. The molecule has 16 heavy (non-hydrogen) atoms. The van der Waals surface area contributed by atoms with E-state index in [2.05, 4.69) is 12.2 Å². The van der Waals surface area contributed by atoms with E-state index < -0.39 is 0 Å². The average molecular weight is 222 g/mol. The minimum Gasteiger partial charge on any atom is -0.378 e. The highest BCUT2D eigenvalue weighted by atomic mass is 16.5. The number of ether oxygens (including phenoxy) is 1. The first-order valence-corrected chi connectivity index (χ1v) is 5.79. The Morgan fingerprint density at radius 1 is 1.56 bits per heavy atom. The second-order valence-corrected chi connectivity index (χ2v) is 4.16. The van der Waals surface area contributed by atoms with Gasteiger partial charge in [0.2, 0.25) is 0 Å². The summed E-state index contributed by atoms with van der Waals surface area (Å²) in [7, 11) is 0. The summed E-state index contributed by atoms with van der Waals surface area (Å²) in [4.78, 5) is 11.4. The smallest absolute Gasteiger partial charge is 0.250 e. The molecule has 2 heterocycles. The maximum Gasteiger partial charge on any atom is 0.250 e. The molecule has 0 radical (unpaired) electrons. The van der Waals surface area contributed by atoms with Gasteiger partial charge < -0.3 is 14.6 Å². The molecule has 0 amide bonds. The van der Waals surface area contributed by atoms with Crippen molar-refractivity contribution in [1.29, 1.82) is 0 Å². The SMILES string of the molecule is CCn1cc(NC2CCOC2C)ccc1=O. The van der Waals surface area contributed by atoms with Gasteiger partial charge in [-0.05, 0) is 26.3 Å². The van der Waals surface area contributed by atoms with E-state index in [0.29, 0.717) is 12.6 Å². The highest BCUT2D eigenvalue weighted by molar-refractivity contribution is 5.41. The normalized spacial score (nSPS) is 24.6. The Labute approximate surface area is 95.2 Å². The number of hydrogen-bond acceptors (Lipinski definition) is 3. The largest absolute Gasteiger partial charge is 0.378 e. The number of nitrogens with one attached hydrogen (secondary N) is 1. The molecular weight excluding hydrogens is 204 g/mol. The Morgan fingerprint density at radius 3 is 3.00 bits per heavy atom. The van der Waals surface area contributed by atoms with Gasteiger partial charge in [0.1, 0.15) is 0 Å². The lowest BCUT2D eigenvalue weighted by atomic mass is 10.1. The molecule has 2 atom stereocenters. The molecule has 1 aromatic heterocycles. The Bertz CT molecular complexity index is 414. The molecule has 0 aromatic carbocycles. The predicted molar refractivity (Wildman–Crippen MR) is 63.8 cm³/mol. The molecule has 1 saturated heterocycles. The van der Waals surface area contributed by atoms with Crippen molar-refractivity contribution in [3.8, 4) is 0 Å². The van der Waals surface area contributed by atoms with Gasteiger partial charge in [0.05, 0.1) is 17.8 Å². The van der Waals surface area contributed by atoms with E-state index in [-0.39, 0.29) is 11.7 Å². The van der Waals surface area contributed by atoms with Crippen LogP contribution >= 0.6 is 0 Å². The Balaban J connectivity index is 2.12. The van der Waals surface area contributed by atoms with Gasteiger partial charge in [0, 0.05) is 25.4 Å². The van der Waals surface area contributed by atoms with E-state index >= 15 is 0 Å². The third-order valence-electron chi connectivity index (χ3n) is 3.05. The van der Waals surface area contributed by atoms with Crippen molar-refractivity contribution in [2.75, 3.05) is 11.9 Å². The van der Waals surface area contributed by atoms with Gasteiger partial charge in [0.15, 0.2) is 0 Å². The zero-order valence-electron chi connectivity index (χ0n) is 9.77.